The summed E-state index contributed by atoms with van der Waals surface area (Å²) in [6.07, 6.45) is 5.86. The summed E-state index contributed by atoms with van der Waals surface area (Å²) in [4.78, 5) is 13.6. The molecule has 2 aliphatic rings. The third-order valence-electron chi connectivity index (χ3n) is 10.6. The summed E-state index contributed by atoms with van der Waals surface area (Å²) in [6, 6.07) is 24.9. The van der Waals surface area contributed by atoms with Gasteiger partial charge in [-0.15, -0.1) is 0 Å². The van der Waals surface area contributed by atoms with Crippen LogP contribution in [0.5, 0.6) is 5.75 Å². The molecule has 7 rings (SSSR count). The largest absolute Gasteiger partial charge is 0.496 e. The van der Waals surface area contributed by atoms with E-state index in [1.807, 2.05) is 35.1 Å². The number of rotatable bonds is 12. The molecule has 1 saturated carbocycles. The normalized spacial score (nSPS) is 19.5. The van der Waals surface area contributed by atoms with Crippen molar-refractivity contribution in [1.29, 1.82) is 0 Å². The number of fused-ring (bicyclic) bond motifs is 1. The molecule has 2 fully saturated rings. The third-order valence-corrected chi connectivity index (χ3v) is 11.4. The van der Waals surface area contributed by atoms with Crippen molar-refractivity contribution in [3.63, 3.8) is 0 Å². The molecule has 0 unspecified atom stereocenters. The van der Waals surface area contributed by atoms with Crippen molar-refractivity contribution in [2.24, 2.45) is 11.8 Å². The molecule has 3 N–H and O–H groups in total. The molecule has 0 bridgehead atoms. The molecule has 10 heteroatoms. The number of ether oxygens (including phenoxy) is 1. The zero-order valence-electron chi connectivity index (χ0n) is 28.8. The van der Waals surface area contributed by atoms with Gasteiger partial charge in [0.05, 0.1) is 42.4 Å². The Balaban J connectivity index is 1.06. The van der Waals surface area contributed by atoms with Gasteiger partial charge in [-0.05, 0) is 85.0 Å². The zero-order valence-corrected chi connectivity index (χ0v) is 30.3. The van der Waals surface area contributed by atoms with Crippen molar-refractivity contribution in [3.8, 4) is 28.0 Å². The Bertz CT molecular complexity index is 2010. The van der Waals surface area contributed by atoms with Gasteiger partial charge in [0.2, 0.25) is 0 Å². The molecule has 8 nitrogen and oxygen atoms in total. The number of aliphatic carboxylic acids is 1. The number of carbonyl (C=O) groups is 1. The molecule has 0 radical (unpaired) electrons. The standard InChI is InChI=1S/C41H44Cl2N4O4/c1-51-39-19-31(37(42)18-30(39)21-44-20-26-8-14-29(15-9-26)41(49)50)24-47-38-7-3-5-34(36(38)22-45-47)35-6-2-4-33(40(35)43)28-12-10-27(11-13-28)23-46-17-16-32(48)25-46/h2-7,10-13,18-19,22,26,29,32,44,48H,8-9,14-17,20-21,23-25H2,1H3,(H,49,50)/t26?,29?,32-/m1/s1. The summed E-state index contributed by atoms with van der Waals surface area (Å²) < 4.78 is 7.75. The van der Waals surface area contributed by atoms with Crippen LogP contribution in [0.1, 0.15) is 48.8 Å². The van der Waals surface area contributed by atoms with Gasteiger partial charge in [-0.3, -0.25) is 14.4 Å². The summed E-state index contributed by atoms with van der Waals surface area (Å²) in [5, 5.41) is 29.8. The highest BCUT2D eigenvalue weighted by Crippen LogP contribution is 2.40. The molecule has 2 heterocycles. The second kappa shape index (κ2) is 15.8. The lowest BCUT2D eigenvalue weighted by atomic mass is 9.82. The topological polar surface area (TPSA) is 99.9 Å². The van der Waals surface area contributed by atoms with E-state index in [1.165, 1.54) is 5.56 Å². The van der Waals surface area contributed by atoms with Crippen LogP contribution < -0.4 is 10.1 Å². The van der Waals surface area contributed by atoms with Crippen molar-refractivity contribution < 1.29 is 19.7 Å². The number of methoxy groups -OCH3 is 1. The summed E-state index contributed by atoms with van der Waals surface area (Å²) >= 11 is 14.0. The molecule has 1 aliphatic carbocycles. The number of hydrogen-bond donors (Lipinski definition) is 3. The summed E-state index contributed by atoms with van der Waals surface area (Å²) in [7, 11) is 1.67. The number of halogens is 2. The lowest BCUT2D eigenvalue weighted by Crippen LogP contribution is -2.28. The molecular weight excluding hydrogens is 683 g/mol. The maximum Gasteiger partial charge on any atom is 0.306 e. The Hall–Kier alpha value is -3.92. The molecule has 0 amide bonds. The van der Waals surface area contributed by atoms with E-state index in [0.717, 1.165) is 108 Å². The first-order chi connectivity index (χ1) is 24.8. The van der Waals surface area contributed by atoms with Crippen LogP contribution in [-0.2, 0) is 24.4 Å². The van der Waals surface area contributed by atoms with Gasteiger partial charge in [-0.2, -0.15) is 5.10 Å². The molecule has 1 atom stereocenters. The van der Waals surface area contributed by atoms with Crippen LogP contribution in [0.2, 0.25) is 10.0 Å². The molecule has 1 aliphatic heterocycles. The Morgan fingerprint density at radius 3 is 2.39 bits per heavy atom. The molecule has 4 aromatic carbocycles. The fourth-order valence-electron chi connectivity index (χ4n) is 7.70. The minimum atomic E-state index is -0.673. The number of carboxylic acid groups (broad SMARTS) is 1. The molecule has 1 aromatic heterocycles. The summed E-state index contributed by atoms with van der Waals surface area (Å²) in [5.41, 5.74) is 8.06. The number of nitrogens with one attached hydrogen (secondary N) is 1. The number of likely N-dealkylation sites (tertiary alicyclic amines) is 1. The maximum atomic E-state index is 11.3. The average Bonchev–Trinajstić information content (AvgIpc) is 3.75. The Kier molecular flexibility index (Phi) is 11.0. The van der Waals surface area contributed by atoms with Gasteiger partial charge in [0.15, 0.2) is 0 Å². The van der Waals surface area contributed by atoms with Crippen LogP contribution in [0.4, 0.5) is 0 Å². The van der Waals surface area contributed by atoms with Crippen LogP contribution in [0.3, 0.4) is 0 Å². The van der Waals surface area contributed by atoms with E-state index in [2.05, 4.69) is 58.7 Å². The number of aromatic nitrogens is 2. The zero-order chi connectivity index (χ0) is 35.5. The van der Waals surface area contributed by atoms with Crippen LogP contribution in [0.25, 0.3) is 33.2 Å². The first-order valence-electron chi connectivity index (χ1n) is 17.8. The van der Waals surface area contributed by atoms with E-state index >= 15 is 0 Å². The molecule has 0 spiro atoms. The highest BCUT2D eigenvalue weighted by atomic mass is 35.5. The predicted octanol–water partition coefficient (Wildman–Crippen LogP) is 8.28. The highest BCUT2D eigenvalue weighted by Gasteiger charge is 2.26. The van der Waals surface area contributed by atoms with Crippen molar-refractivity contribution in [2.75, 3.05) is 26.7 Å². The van der Waals surface area contributed by atoms with Crippen molar-refractivity contribution in [1.82, 2.24) is 20.0 Å². The van der Waals surface area contributed by atoms with Crippen LogP contribution in [0, 0.1) is 11.8 Å². The van der Waals surface area contributed by atoms with Gasteiger partial charge in [-0.25, -0.2) is 0 Å². The molecule has 1 saturated heterocycles. The lowest BCUT2D eigenvalue weighted by molar-refractivity contribution is -0.143. The minimum absolute atomic E-state index is 0.202. The second-order valence-corrected chi connectivity index (χ2v) is 14.8. The van der Waals surface area contributed by atoms with Gasteiger partial charge in [0.25, 0.3) is 0 Å². The Labute approximate surface area is 308 Å². The lowest BCUT2D eigenvalue weighted by Gasteiger charge is -2.26. The number of nitrogens with zero attached hydrogens (tertiary/aromatic N) is 3. The van der Waals surface area contributed by atoms with E-state index in [4.69, 9.17) is 33.0 Å². The fourth-order valence-corrected chi connectivity index (χ4v) is 8.29. The maximum absolute atomic E-state index is 11.3. The van der Waals surface area contributed by atoms with Crippen molar-refractivity contribution in [3.05, 3.63) is 106 Å². The number of aliphatic hydroxyl groups is 1. The van der Waals surface area contributed by atoms with Gasteiger partial charge >= 0.3 is 5.97 Å². The number of benzene rings is 4. The molecule has 5 aromatic rings. The quantitative estimate of drug-likeness (QED) is 0.119. The van der Waals surface area contributed by atoms with E-state index < -0.39 is 5.97 Å². The van der Waals surface area contributed by atoms with Crippen molar-refractivity contribution >= 4 is 40.1 Å². The Morgan fingerprint density at radius 1 is 0.922 bits per heavy atom. The second-order valence-electron chi connectivity index (χ2n) is 14.0. The van der Waals surface area contributed by atoms with Gasteiger partial charge < -0.3 is 20.3 Å². The average molecular weight is 728 g/mol. The Morgan fingerprint density at radius 2 is 1.67 bits per heavy atom. The number of carboxylic acids is 1. The fraction of sp³-hybridized carbons (Fsp3) is 0.366. The highest BCUT2D eigenvalue weighted by molar-refractivity contribution is 6.36. The van der Waals surface area contributed by atoms with Gasteiger partial charge in [0.1, 0.15) is 5.75 Å². The SMILES string of the molecule is COc1cc(Cn2ncc3c(-c4cccc(-c5ccc(CN6CC[C@@H](O)C6)cc5)c4Cl)cccc32)c(Cl)cc1CNCC1CCC(C(=O)O)CC1. The summed E-state index contributed by atoms with van der Waals surface area (Å²) in [6.45, 7) is 4.40. The van der Waals surface area contributed by atoms with Crippen molar-refractivity contribution in [2.45, 2.75) is 57.8 Å². The first-order valence-corrected chi connectivity index (χ1v) is 18.5. The van der Waals surface area contributed by atoms with E-state index in [9.17, 15) is 15.0 Å². The van der Waals surface area contributed by atoms with Crippen LogP contribution in [-0.4, -0.2) is 63.7 Å². The van der Waals surface area contributed by atoms with E-state index in [0.29, 0.717) is 29.1 Å². The molecule has 51 heavy (non-hydrogen) atoms. The van der Waals surface area contributed by atoms with Gasteiger partial charge in [0, 0.05) is 53.3 Å². The predicted molar refractivity (Wildman–Crippen MR) is 203 cm³/mol. The summed E-state index contributed by atoms with van der Waals surface area (Å²) in [5.74, 6) is 0.366. The minimum Gasteiger partial charge on any atom is -0.496 e. The van der Waals surface area contributed by atoms with E-state index in [-0.39, 0.29) is 12.0 Å². The first kappa shape index (κ1) is 35.5. The monoisotopic (exact) mass is 726 g/mol. The van der Waals surface area contributed by atoms with Gasteiger partial charge in [-0.1, -0.05) is 77.8 Å². The number of β-amino-alcohol motifs (C(OH)–C–C–N with tert-alkyl or cyclic N) is 1. The molecular formula is C41H44Cl2N4O4. The van der Waals surface area contributed by atoms with Crippen LogP contribution >= 0.6 is 23.2 Å². The molecule has 266 valence electrons. The third kappa shape index (κ3) is 7.96. The number of aliphatic hydroxyl groups excluding tert-OH is 1. The smallest absolute Gasteiger partial charge is 0.306 e. The number of hydrogen-bond acceptors (Lipinski definition) is 6. The van der Waals surface area contributed by atoms with E-state index in [1.54, 1.807) is 7.11 Å². The van der Waals surface area contributed by atoms with Crippen LogP contribution in [0.15, 0.2) is 79.0 Å².